The van der Waals surface area contributed by atoms with E-state index in [-0.39, 0.29) is 12.2 Å². The summed E-state index contributed by atoms with van der Waals surface area (Å²) in [6, 6.07) is 0. The lowest BCUT2D eigenvalue weighted by molar-refractivity contribution is 0.0861. The summed E-state index contributed by atoms with van der Waals surface area (Å²) in [7, 11) is 3.48. The van der Waals surface area contributed by atoms with E-state index in [2.05, 4.69) is 4.98 Å². The highest BCUT2D eigenvalue weighted by Crippen LogP contribution is 2.29. The minimum absolute atomic E-state index is 0.199. The van der Waals surface area contributed by atoms with Crippen molar-refractivity contribution in [3.8, 4) is 0 Å². The third-order valence-corrected chi connectivity index (χ3v) is 4.01. The zero-order valence-corrected chi connectivity index (χ0v) is 13.1. The first-order chi connectivity index (χ1) is 10.5. The van der Waals surface area contributed by atoms with Gasteiger partial charge in [-0.15, -0.1) is 0 Å². The molecule has 1 aromatic heterocycles. The van der Waals surface area contributed by atoms with Crippen LogP contribution in [0.15, 0.2) is 9.59 Å². The number of nitrogens with zero attached hydrogens (tertiary/aromatic N) is 3. The highest BCUT2D eigenvalue weighted by atomic mass is 16.3. The molecule has 0 saturated carbocycles. The predicted octanol–water partition coefficient (Wildman–Crippen LogP) is -0.799. The Kier molecular flexibility index (Phi) is 5.25. The first kappa shape index (κ1) is 16.6. The number of fused-ring (bicyclic) bond motifs is 1. The number of aliphatic hydroxyl groups excluding tert-OH is 2. The molecule has 0 spiro atoms. The maximum atomic E-state index is 11.9. The van der Waals surface area contributed by atoms with Crippen molar-refractivity contribution in [2.45, 2.75) is 31.8 Å². The van der Waals surface area contributed by atoms with Gasteiger partial charge in [0.2, 0.25) is 0 Å². The first-order valence-corrected chi connectivity index (χ1v) is 7.54. The Morgan fingerprint density at radius 3 is 2.64 bits per heavy atom. The molecule has 2 rings (SSSR count). The van der Waals surface area contributed by atoms with Crippen LogP contribution in [-0.2, 0) is 7.05 Å². The lowest BCUT2D eigenvalue weighted by atomic mass is 10.1. The molecule has 22 heavy (non-hydrogen) atoms. The van der Waals surface area contributed by atoms with Gasteiger partial charge in [-0.05, 0) is 12.8 Å². The lowest BCUT2D eigenvalue weighted by Gasteiger charge is -2.20. The van der Waals surface area contributed by atoms with Crippen LogP contribution >= 0.6 is 0 Å². The van der Waals surface area contributed by atoms with Gasteiger partial charge in [-0.3, -0.25) is 14.3 Å². The number of aromatic nitrogens is 2. The average molecular weight is 312 g/mol. The summed E-state index contributed by atoms with van der Waals surface area (Å²) in [4.78, 5) is 29.9. The van der Waals surface area contributed by atoms with Gasteiger partial charge >= 0.3 is 5.69 Å². The second-order valence-corrected chi connectivity index (χ2v) is 5.78. The van der Waals surface area contributed by atoms with E-state index in [9.17, 15) is 14.7 Å². The molecule has 1 aliphatic heterocycles. The number of hydrogen-bond acceptors (Lipinski definition) is 6. The number of aromatic amines is 1. The van der Waals surface area contributed by atoms with Crippen LogP contribution in [0.4, 0.5) is 11.5 Å². The minimum Gasteiger partial charge on any atom is -0.394 e. The van der Waals surface area contributed by atoms with Crippen molar-refractivity contribution in [1.82, 2.24) is 9.55 Å². The van der Waals surface area contributed by atoms with E-state index < -0.39 is 11.8 Å². The van der Waals surface area contributed by atoms with Crippen LogP contribution < -0.4 is 21.0 Å². The molecular weight excluding hydrogens is 288 g/mol. The van der Waals surface area contributed by atoms with Crippen molar-refractivity contribution < 1.29 is 10.2 Å². The van der Waals surface area contributed by atoms with Gasteiger partial charge in [0.05, 0.1) is 19.4 Å². The number of unbranched alkanes of at least 4 members (excludes halogenated alkanes) is 2. The van der Waals surface area contributed by atoms with Crippen molar-refractivity contribution >= 4 is 11.5 Å². The van der Waals surface area contributed by atoms with Gasteiger partial charge in [0.25, 0.3) is 5.56 Å². The Balaban J connectivity index is 1.99. The van der Waals surface area contributed by atoms with E-state index in [0.717, 1.165) is 25.8 Å². The van der Waals surface area contributed by atoms with Crippen LogP contribution in [0.3, 0.4) is 0 Å². The molecule has 0 radical (unpaired) electrons. The molecule has 1 atom stereocenters. The summed E-state index contributed by atoms with van der Waals surface area (Å²) < 4.78 is 1.47. The van der Waals surface area contributed by atoms with Crippen LogP contribution in [0, 0.1) is 0 Å². The predicted molar refractivity (Wildman–Crippen MR) is 84.5 cm³/mol. The lowest BCUT2D eigenvalue weighted by Crippen LogP contribution is -2.32. The Morgan fingerprint density at radius 2 is 1.95 bits per heavy atom. The van der Waals surface area contributed by atoms with Gasteiger partial charge in [-0.2, -0.15) is 0 Å². The van der Waals surface area contributed by atoms with Crippen LogP contribution in [0.5, 0.6) is 0 Å². The fraction of sp³-hybridized carbons (Fsp3) is 0.714. The molecule has 2 heterocycles. The molecule has 0 fully saturated rings. The fourth-order valence-electron chi connectivity index (χ4n) is 2.82. The number of rotatable bonds is 7. The van der Waals surface area contributed by atoms with E-state index >= 15 is 0 Å². The van der Waals surface area contributed by atoms with Crippen molar-refractivity contribution in [2.75, 3.05) is 36.7 Å². The number of nitrogens with one attached hydrogen (secondary N) is 1. The second kappa shape index (κ2) is 6.97. The monoisotopic (exact) mass is 312 g/mol. The maximum Gasteiger partial charge on any atom is 0.329 e. The quantitative estimate of drug-likeness (QED) is 0.570. The maximum absolute atomic E-state index is 11.9. The van der Waals surface area contributed by atoms with Gasteiger partial charge < -0.3 is 20.0 Å². The fourth-order valence-corrected chi connectivity index (χ4v) is 2.82. The van der Waals surface area contributed by atoms with E-state index in [1.54, 1.807) is 7.05 Å². The third kappa shape index (κ3) is 3.33. The number of hydrogen-bond donors (Lipinski definition) is 3. The van der Waals surface area contributed by atoms with Crippen molar-refractivity contribution in [2.24, 2.45) is 7.05 Å². The van der Waals surface area contributed by atoms with Crippen LogP contribution in [-0.4, -0.2) is 52.7 Å². The van der Waals surface area contributed by atoms with Gasteiger partial charge in [0.15, 0.2) is 0 Å². The Labute approximate surface area is 128 Å². The second-order valence-electron chi connectivity index (χ2n) is 5.78. The van der Waals surface area contributed by atoms with Crippen LogP contribution in [0.25, 0.3) is 0 Å². The largest absolute Gasteiger partial charge is 0.394 e. The van der Waals surface area contributed by atoms with E-state index in [0.29, 0.717) is 24.6 Å². The molecule has 0 aromatic carbocycles. The van der Waals surface area contributed by atoms with Crippen molar-refractivity contribution in [3.63, 3.8) is 0 Å². The van der Waals surface area contributed by atoms with E-state index in [1.165, 1.54) is 4.57 Å². The summed E-state index contributed by atoms with van der Waals surface area (Å²) in [6.07, 6.45) is 2.60. The van der Waals surface area contributed by atoms with Gasteiger partial charge in [-0.25, -0.2) is 4.79 Å². The summed E-state index contributed by atoms with van der Waals surface area (Å²) in [5.41, 5.74) is -0.234. The highest BCUT2D eigenvalue weighted by molar-refractivity contribution is 5.71. The summed E-state index contributed by atoms with van der Waals surface area (Å²) in [6.45, 7) is 1.12. The normalized spacial score (nSPS) is 15.3. The Morgan fingerprint density at radius 1 is 1.23 bits per heavy atom. The van der Waals surface area contributed by atoms with Gasteiger partial charge in [-0.1, -0.05) is 12.8 Å². The zero-order chi connectivity index (χ0) is 16.3. The molecular formula is C14H24N4O4. The van der Waals surface area contributed by atoms with E-state index in [1.807, 2.05) is 16.8 Å². The molecule has 0 amide bonds. The third-order valence-electron chi connectivity index (χ3n) is 4.01. The summed E-state index contributed by atoms with van der Waals surface area (Å²) in [5, 5.41) is 18.0. The Bertz CT molecular complexity index is 624. The molecule has 3 N–H and O–H groups in total. The summed E-state index contributed by atoms with van der Waals surface area (Å²) >= 11 is 0. The highest BCUT2D eigenvalue weighted by Gasteiger charge is 2.28. The molecule has 0 bridgehead atoms. The number of H-pyrrole nitrogens is 1. The average Bonchev–Trinajstić information content (AvgIpc) is 2.81. The molecule has 1 aliphatic rings. The zero-order valence-electron chi connectivity index (χ0n) is 13.1. The first-order valence-electron chi connectivity index (χ1n) is 7.54. The van der Waals surface area contributed by atoms with Crippen molar-refractivity contribution in [1.29, 1.82) is 0 Å². The molecule has 124 valence electrons. The molecule has 8 heteroatoms. The van der Waals surface area contributed by atoms with Crippen molar-refractivity contribution in [3.05, 3.63) is 20.8 Å². The minimum atomic E-state index is -0.641. The molecule has 1 aromatic rings. The van der Waals surface area contributed by atoms with E-state index in [4.69, 9.17) is 5.11 Å². The topological polar surface area (TPSA) is 102 Å². The Hall–Kier alpha value is -1.80. The SMILES string of the molecule is CN1CN(CCCCCC(O)CO)c2c1c(=O)[nH]c(=O)n2C. The van der Waals surface area contributed by atoms with Crippen LogP contribution in [0.1, 0.15) is 25.7 Å². The number of aliphatic hydroxyl groups is 2. The van der Waals surface area contributed by atoms with Crippen LogP contribution in [0.2, 0.25) is 0 Å². The molecule has 0 aliphatic carbocycles. The smallest absolute Gasteiger partial charge is 0.329 e. The molecule has 1 unspecified atom stereocenters. The summed E-state index contributed by atoms with van der Waals surface area (Å²) in [5.74, 6) is 0.659. The number of anilines is 2. The molecule has 0 saturated heterocycles. The molecule has 8 nitrogen and oxygen atoms in total. The van der Waals surface area contributed by atoms with Gasteiger partial charge in [0.1, 0.15) is 11.5 Å². The van der Waals surface area contributed by atoms with Gasteiger partial charge in [0, 0.05) is 20.6 Å². The standard InChI is InChI=1S/C14H24N4O4/c1-16-9-18(7-5-3-4-6-10(20)8-19)13-11(16)12(21)15-14(22)17(13)2/h10,19-20H,3-9H2,1-2H3,(H,15,21,22).